The van der Waals surface area contributed by atoms with Crippen molar-refractivity contribution in [2.24, 2.45) is 5.41 Å². The van der Waals surface area contributed by atoms with Gasteiger partial charge in [0.05, 0.1) is 38.4 Å². The summed E-state index contributed by atoms with van der Waals surface area (Å²) in [4.78, 5) is 12.5. The van der Waals surface area contributed by atoms with E-state index in [-0.39, 0.29) is 18.9 Å². The molecule has 0 bridgehead atoms. The summed E-state index contributed by atoms with van der Waals surface area (Å²) in [6.45, 7) is 1.57. The minimum Gasteiger partial charge on any atom is -0.396 e. The standard InChI is InChI=1S/C32H63NO12S/c1-3-5-7-8-9-10-11-12-13-14-15-16-17-18-20-43-31-28(33-27(36)19-6-4-2)30(38)29(37)26(45-31)21-42-24-32(22-34,23-35)25-44-46(39,40)41/h26,28-31,34-35,37-38H,3-25H2,1-2H3,(H,33,36)(H,39,40,41)/t26-,28-,29-,30-,31+/m1/s1. The fourth-order valence-electron chi connectivity index (χ4n) is 5.32. The molecule has 1 saturated heterocycles. The first-order valence-electron chi connectivity index (χ1n) is 17.4. The Bertz CT molecular complexity index is 873. The number of amides is 1. The average Bonchev–Trinajstić information content (AvgIpc) is 3.03. The monoisotopic (exact) mass is 685 g/mol. The Balaban J connectivity index is 2.56. The molecular formula is C32H63NO12S. The molecule has 0 aromatic carbocycles. The van der Waals surface area contributed by atoms with Gasteiger partial charge in [0.1, 0.15) is 24.4 Å². The molecular weight excluding hydrogens is 622 g/mol. The predicted octanol–water partition coefficient (Wildman–Crippen LogP) is 3.41. The first kappa shape index (κ1) is 43.1. The van der Waals surface area contributed by atoms with Crippen LogP contribution in [-0.4, -0.2) is 110 Å². The molecule has 1 rings (SSSR count). The molecule has 274 valence electrons. The summed E-state index contributed by atoms with van der Waals surface area (Å²) in [5.41, 5.74) is -1.58. The zero-order chi connectivity index (χ0) is 34.3. The lowest BCUT2D eigenvalue weighted by molar-refractivity contribution is -0.274. The Morgan fingerprint density at radius 1 is 0.783 bits per heavy atom. The number of ether oxygens (including phenoxy) is 3. The van der Waals surface area contributed by atoms with Crippen LogP contribution in [0.15, 0.2) is 0 Å². The van der Waals surface area contributed by atoms with Crippen LogP contribution in [0.4, 0.5) is 0 Å². The maximum Gasteiger partial charge on any atom is 0.397 e. The quantitative estimate of drug-likeness (QED) is 0.0496. The van der Waals surface area contributed by atoms with Crippen molar-refractivity contribution in [2.75, 3.05) is 39.6 Å². The molecule has 14 heteroatoms. The number of hydrogen-bond acceptors (Lipinski definition) is 11. The third kappa shape index (κ3) is 18.6. The number of nitrogens with one attached hydrogen (secondary N) is 1. The molecule has 1 heterocycles. The molecule has 1 fully saturated rings. The molecule has 46 heavy (non-hydrogen) atoms. The maximum atomic E-state index is 12.5. The molecule has 1 aliphatic rings. The van der Waals surface area contributed by atoms with Crippen molar-refractivity contribution in [3.63, 3.8) is 0 Å². The van der Waals surface area contributed by atoms with Gasteiger partial charge in [0.15, 0.2) is 6.29 Å². The molecule has 6 N–H and O–H groups in total. The second kappa shape index (κ2) is 25.1. The van der Waals surface area contributed by atoms with Gasteiger partial charge in [-0.2, -0.15) is 8.42 Å². The summed E-state index contributed by atoms with van der Waals surface area (Å²) in [6, 6.07) is -1.01. The van der Waals surface area contributed by atoms with Crippen LogP contribution in [0.1, 0.15) is 123 Å². The lowest BCUT2D eigenvalue weighted by Crippen LogP contribution is -2.65. The van der Waals surface area contributed by atoms with Gasteiger partial charge in [-0.25, -0.2) is 4.18 Å². The molecule has 0 aliphatic carbocycles. The van der Waals surface area contributed by atoms with E-state index in [4.69, 9.17) is 18.8 Å². The predicted molar refractivity (Wildman–Crippen MR) is 173 cm³/mol. The van der Waals surface area contributed by atoms with Gasteiger partial charge in [0, 0.05) is 13.0 Å². The van der Waals surface area contributed by atoms with E-state index >= 15 is 0 Å². The third-order valence-corrected chi connectivity index (χ3v) is 8.86. The summed E-state index contributed by atoms with van der Waals surface area (Å²) in [6.07, 6.45) is 13.7. The first-order chi connectivity index (χ1) is 22.0. The second-order valence-electron chi connectivity index (χ2n) is 12.7. The SMILES string of the molecule is CCCCCCCCCCCCCCCCO[C@H]1O[C@H](COCC(CO)(CO)COS(=O)(=O)O)[C@@H](O)[C@H](O)[C@H]1NC(=O)CCCC. The van der Waals surface area contributed by atoms with Gasteiger partial charge in [-0.15, -0.1) is 0 Å². The summed E-state index contributed by atoms with van der Waals surface area (Å²) in [5, 5.41) is 43.9. The minimum absolute atomic E-state index is 0.254. The second-order valence-corrected chi connectivity index (χ2v) is 13.8. The topological polar surface area (TPSA) is 201 Å². The Morgan fingerprint density at radius 2 is 1.30 bits per heavy atom. The van der Waals surface area contributed by atoms with Gasteiger partial charge in [0.25, 0.3) is 0 Å². The van der Waals surface area contributed by atoms with E-state index in [1.807, 2.05) is 6.92 Å². The Kier molecular flexibility index (Phi) is 23.5. The number of carbonyl (C=O) groups is 1. The molecule has 0 aromatic rings. The molecule has 0 unspecified atom stereocenters. The van der Waals surface area contributed by atoms with Crippen molar-refractivity contribution in [1.82, 2.24) is 5.32 Å². The highest BCUT2D eigenvalue weighted by Gasteiger charge is 2.46. The van der Waals surface area contributed by atoms with Gasteiger partial charge in [-0.1, -0.05) is 104 Å². The highest BCUT2D eigenvalue weighted by Crippen LogP contribution is 2.25. The normalized spacial score (nSPS) is 22.3. The molecule has 0 spiro atoms. The van der Waals surface area contributed by atoms with E-state index in [9.17, 15) is 33.6 Å². The highest BCUT2D eigenvalue weighted by atomic mass is 32.3. The lowest BCUT2D eigenvalue weighted by atomic mass is 9.92. The summed E-state index contributed by atoms with van der Waals surface area (Å²) >= 11 is 0. The first-order valence-corrected chi connectivity index (χ1v) is 18.7. The van der Waals surface area contributed by atoms with Crippen molar-refractivity contribution >= 4 is 16.3 Å². The van der Waals surface area contributed by atoms with Crippen molar-refractivity contribution in [2.45, 2.75) is 154 Å². The molecule has 1 aliphatic heterocycles. The van der Waals surface area contributed by atoms with Crippen LogP contribution in [-0.2, 0) is 33.6 Å². The molecule has 5 atom stereocenters. The highest BCUT2D eigenvalue weighted by molar-refractivity contribution is 7.80. The maximum absolute atomic E-state index is 12.5. The minimum atomic E-state index is -4.82. The molecule has 0 aromatic heterocycles. The largest absolute Gasteiger partial charge is 0.397 e. The fraction of sp³-hybridized carbons (Fsp3) is 0.969. The Hall–Kier alpha value is -0.940. The van der Waals surface area contributed by atoms with E-state index in [0.29, 0.717) is 13.0 Å². The van der Waals surface area contributed by atoms with Crippen molar-refractivity contribution in [3.8, 4) is 0 Å². The Morgan fingerprint density at radius 3 is 1.80 bits per heavy atom. The van der Waals surface area contributed by atoms with Gasteiger partial charge in [-0.05, 0) is 12.8 Å². The van der Waals surface area contributed by atoms with Crippen molar-refractivity contribution in [1.29, 1.82) is 0 Å². The van der Waals surface area contributed by atoms with E-state index in [1.54, 1.807) is 0 Å². The fourth-order valence-corrected chi connectivity index (χ4v) is 5.72. The third-order valence-electron chi connectivity index (χ3n) is 8.44. The van der Waals surface area contributed by atoms with E-state index < -0.39 is 72.9 Å². The van der Waals surface area contributed by atoms with E-state index in [1.165, 1.54) is 64.2 Å². The van der Waals surface area contributed by atoms with Crippen LogP contribution in [0.25, 0.3) is 0 Å². The lowest BCUT2D eigenvalue weighted by Gasteiger charge is -2.43. The van der Waals surface area contributed by atoms with Gasteiger partial charge in [-0.3, -0.25) is 9.35 Å². The summed E-state index contributed by atoms with van der Waals surface area (Å²) in [7, 11) is -4.82. The van der Waals surface area contributed by atoms with E-state index in [0.717, 1.165) is 32.1 Å². The smallest absolute Gasteiger partial charge is 0.396 e. The molecule has 1 amide bonds. The van der Waals surface area contributed by atoms with Crippen LogP contribution in [0.5, 0.6) is 0 Å². The van der Waals surface area contributed by atoms with Crippen molar-refractivity contribution < 1.29 is 56.6 Å². The van der Waals surface area contributed by atoms with Gasteiger partial charge >= 0.3 is 10.4 Å². The Labute approximate surface area is 276 Å². The average molecular weight is 686 g/mol. The summed E-state index contributed by atoms with van der Waals surface area (Å²) in [5.74, 6) is -0.295. The number of carbonyl (C=O) groups excluding carboxylic acids is 1. The summed E-state index contributed by atoms with van der Waals surface area (Å²) < 4.78 is 52.5. The number of aliphatic hydroxyl groups is 4. The number of hydrogen-bond donors (Lipinski definition) is 6. The van der Waals surface area contributed by atoms with Crippen molar-refractivity contribution in [3.05, 3.63) is 0 Å². The van der Waals surface area contributed by atoms with Crippen LogP contribution < -0.4 is 5.32 Å². The zero-order valence-electron chi connectivity index (χ0n) is 28.2. The van der Waals surface area contributed by atoms with Crippen LogP contribution in [0.3, 0.4) is 0 Å². The van der Waals surface area contributed by atoms with Crippen LogP contribution in [0.2, 0.25) is 0 Å². The van der Waals surface area contributed by atoms with Gasteiger partial charge in [0.2, 0.25) is 5.91 Å². The zero-order valence-corrected chi connectivity index (χ0v) is 29.0. The van der Waals surface area contributed by atoms with E-state index in [2.05, 4.69) is 16.4 Å². The molecule has 0 saturated carbocycles. The molecule has 0 radical (unpaired) electrons. The van der Waals surface area contributed by atoms with Gasteiger partial charge < -0.3 is 40.0 Å². The number of aliphatic hydroxyl groups excluding tert-OH is 4. The number of rotatable bonds is 29. The molecule has 13 nitrogen and oxygen atoms in total. The van der Waals surface area contributed by atoms with Crippen LogP contribution >= 0.6 is 0 Å². The number of unbranched alkanes of at least 4 members (excludes halogenated alkanes) is 14. The van der Waals surface area contributed by atoms with Crippen LogP contribution in [0, 0.1) is 5.41 Å².